The summed E-state index contributed by atoms with van der Waals surface area (Å²) >= 11 is 0. The lowest BCUT2D eigenvalue weighted by Gasteiger charge is -2.13. The average molecular weight is 475 g/mol. The van der Waals surface area contributed by atoms with Crippen LogP contribution in [0.2, 0.25) is 0 Å². The number of fused-ring (bicyclic) bond motifs is 1. The Morgan fingerprint density at radius 2 is 1.63 bits per heavy atom. The van der Waals surface area contributed by atoms with Crippen LogP contribution in [-0.4, -0.2) is 37.6 Å². The predicted molar refractivity (Wildman–Crippen MR) is 130 cm³/mol. The zero-order valence-electron chi connectivity index (χ0n) is 19.0. The third-order valence-corrected chi connectivity index (χ3v) is 5.09. The van der Waals surface area contributed by atoms with Crippen LogP contribution < -0.4 is 20.1 Å². The van der Waals surface area contributed by atoms with Gasteiger partial charge in [-0.2, -0.15) is 0 Å². The van der Waals surface area contributed by atoms with Gasteiger partial charge in [0.15, 0.2) is 0 Å². The Morgan fingerprint density at radius 3 is 2.31 bits per heavy atom. The van der Waals surface area contributed by atoms with Gasteiger partial charge in [-0.05, 0) is 60.7 Å². The molecule has 1 aromatic heterocycles. The molecule has 0 spiro atoms. The molecule has 0 aliphatic heterocycles. The van der Waals surface area contributed by atoms with E-state index in [1.807, 2.05) is 0 Å². The van der Waals surface area contributed by atoms with E-state index in [0.29, 0.717) is 39.5 Å². The van der Waals surface area contributed by atoms with E-state index < -0.39 is 5.97 Å². The van der Waals surface area contributed by atoms with E-state index >= 15 is 0 Å². The number of carbonyl (C=O) groups is 2. The van der Waals surface area contributed by atoms with Crippen LogP contribution in [0.4, 0.5) is 15.8 Å². The van der Waals surface area contributed by atoms with E-state index in [1.165, 1.54) is 38.5 Å². The molecule has 9 heteroatoms. The van der Waals surface area contributed by atoms with E-state index in [-0.39, 0.29) is 23.8 Å². The molecule has 0 atom stereocenters. The van der Waals surface area contributed by atoms with Gasteiger partial charge in [-0.15, -0.1) is 0 Å². The lowest BCUT2D eigenvalue weighted by atomic mass is 10.1. The number of amides is 1. The van der Waals surface area contributed by atoms with Gasteiger partial charge < -0.3 is 24.8 Å². The fraction of sp³-hybridized carbons (Fsp3) is 0.115. The minimum Gasteiger partial charge on any atom is -0.496 e. The van der Waals surface area contributed by atoms with E-state index in [9.17, 15) is 14.0 Å². The highest BCUT2D eigenvalue weighted by Crippen LogP contribution is 2.33. The first-order valence-corrected chi connectivity index (χ1v) is 10.6. The van der Waals surface area contributed by atoms with Gasteiger partial charge in [-0.25, -0.2) is 9.18 Å². The first kappa shape index (κ1) is 23.5. The highest BCUT2D eigenvalue weighted by molar-refractivity contribution is 5.99. The van der Waals surface area contributed by atoms with E-state index in [0.717, 1.165) is 0 Å². The van der Waals surface area contributed by atoms with Gasteiger partial charge in [-0.1, -0.05) is 0 Å². The van der Waals surface area contributed by atoms with Gasteiger partial charge >= 0.3 is 5.97 Å². The summed E-state index contributed by atoms with van der Waals surface area (Å²) in [6.45, 7) is 0.0325. The van der Waals surface area contributed by atoms with Crippen molar-refractivity contribution in [3.8, 4) is 17.2 Å². The van der Waals surface area contributed by atoms with Crippen molar-refractivity contribution in [1.29, 1.82) is 0 Å². The maximum absolute atomic E-state index is 13.0. The third kappa shape index (κ3) is 5.64. The Hall–Kier alpha value is -4.66. The molecule has 1 amide bonds. The number of anilines is 2. The van der Waals surface area contributed by atoms with Crippen LogP contribution in [0.3, 0.4) is 0 Å². The molecule has 0 radical (unpaired) electrons. The Morgan fingerprint density at radius 1 is 0.914 bits per heavy atom. The zero-order valence-corrected chi connectivity index (χ0v) is 19.0. The van der Waals surface area contributed by atoms with Crippen LogP contribution in [0.5, 0.6) is 17.2 Å². The summed E-state index contributed by atoms with van der Waals surface area (Å²) in [5.41, 5.74) is 2.08. The van der Waals surface area contributed by atoms with Gasteiger partial charge in [-0.3, -0.25) is 9.78 Å². The molecular formula is C26H22FN3O5. The molecule has 3 aromatic carbocycles. The standard InChI is InChI=1S/C26H22FN3O5/c1-33-24-14-22-20(13-21(24)26(32)34-2)23(11-12-28-22)35-19-9-7-17(8-10-19)29-15-25(31)30-18-5-3-16(27)4-6-18/h3-14,29H,15H2,1-2H3,(H,30,31). The van der Waals surface area contributed by atoms with Crippen molar-refractivity contribution < 1.29 is 28.2 Å². The van der Waals surface area contributed by atoms with Crippen LogP contribution in [0.25, 0.3) is 10.9 Å². The number of pyridine rings is 1. The summed E-state index contributed by atoms with van der Waals surface area (Å²) in [5, 5.41) is 6.32. The number of nitrogens with zero attached hydrogens (tertiary/aromatic N) is 1. The van der Waals surface area contributed by atoms with Crippen LogP contribution in [-0.2, 0) is 9.53 Å². The molecule has 4 aromatic rings. The van der Waals surface area contributed by atoms with E-state index in [2.05, 4.69) is 15.6 Å². The highest BCUT2D eigenvalue weighted by Gasteiger charge is 2.17. The smallest absolute Gasteiger partial charge is 0.341 e. The molecule has 4 rings (SSSR count). The molecule has 0 saturated carbocycles. The second kappa shape index (κ2) is 10.5. The second-order valence-electron chi connectivity index (χ2n) is 7.41. The molecule has 2 N–H and O–H groups in total. The van der Waals surface area contributed by atoms with Gasteiger partial charge in [0.25, 0.3) is 0 Å². The number of halogens is 1. The van der Waals surface area contributed by atoms with Crippen molar-refractivity contribution in [3.63, 3.8) is 0 Å². The topological polar surface area (TPSA) is 98.8 Å². The van der Waals surface area contributed by atoms with Crippen molar-refractivity contribution in [2.45, 2.75) is 0 Å². The molecule has 0 aliphatic rings. The average Bonchev–Trinajstić information content (AvgIpc) is 2.88. The minimum absolute atomic E-state index is 0.0325. The molecule has 0 unspecified atom stereocenters. The van der Waals surface area contributed by atoms with Crippen LogP contribution in [0.1, 0.15) is 10.4 Å². The first-order valence-electron chi connectivity index (χ1n) is 10.6. The Kier molecular flexibility index (Phi) is 7.06. The van der Waals surface area contributed by atoms with Crippen molar-refractivity contribution >= 4 is 34.2 Å². The molecule has 0 saturated heterocycles. The monoisotopic (exact) mass is 475 g/mol. The van der Waals surface area contributed by atoms with Crippen LogP contribution >= 0.6 is 0 Å². The molecule has 0 aliphatic carbocycles. The van der Waals surface area contributed by atoms with Crippen LogP contribution in [0.15, 0.2) is 72.9 Å². The molecular weight excluding hydrogens is 453 g/mol. The summed E-state index contributed by atoms with van der Waals surface area (Å²) < 4.78 is 29.1. The van der Waals surface area contributed by atoms with Gasteiger partial charge in [0.05, 0.1) is 26.3 Å². The number of hydrogen-bond donors (Lipinski definition) is 2. The summed E-state index contributed by atoms with van der Waals surface area (Å²) in [5.74, 6) is 0.241. The van der Waals surface area contributed by atoms with Gasteiger partial charge in [0, 0.05) is 29.0 Å². The fourth-order valence-electron chi connectivity index (χ4n) is 3.36. The van der Waals surface area contributed by atoms with Crippen molar-refractivity contribution in [2.24, 2.45) is 0 Å². The second-order valence-corrected chi connectivity index (χ2v) is 7.41. The molecule has 178 valence electrons. The molecule has 35 heavy (non-hydrogen) atoms. The maximum atomic E-state index is 13.0. The van der Waals surface area contributed by atoms with Crippen molar-refractivity contribution in [3.05, 3.63) is 84.3 Å². The lowest BCUT2D eigenvalue weighted by Crippen LogP contribution is -2.21. The molecule has 1 heterocycles. The number of methoxy groups -OCH3 is 2. The summed E-state index contributed by atoms with van der Waals surface area (Å²) in [4.78, 5) is 28.6. The Bertz CT molecular complexity index is 1360. The summed E-state index contributed by atoms with van der Waals surface area (Å²) in [6.07, 6.45) is 1.60. The Labute approximate surface area is 200 Å². The van der Waals surface area contributed by atoms with Gasteiger partial charge in [0.1, 0.15) is 28.6 Å². The minimum atomic E-state index is -0.530. The lowest BCUT2D eigenvalue weighted by molar-refractivity contribution is -0.114. The third-order valence-electron chi connectivity index (χ3n) is 5.09. The SMILES string of the molecule is COC(=O)c1cc2c(Oc3ccc(NCC(=O)Nc4ccc(F)cc4)cc3)ccnc2cc1OC. The molecule has 8 nitrogen and oxygen atoms in total. The van der Waals surface area contributed by atoms with Crippen molar-refractivity contribution in [2.75, 3.05) is 31.4 Å². The highest BCUT2D eigenvalue weighted by atomic mass is 19.1. The number of aromatic nitrogens is 1. The summed E-state index contributed by atoms with van der Waals surface area (Å²) in [6, 6.07) is 17.5. The fourth-order valence-corrected chi connectivity index (χ4v) is 3.36. The van der Waals surface area contributed by atoms with E-state index in [1.54, 1.807) is 48.7 Å². The maximum Gasteiger partial charge on any atom is 0.341 e. The quantitative estimate of drug-likeness (QED) is 0.346. The number of esters is 1. The predicted octanol–water partition coefficient (Wildman–Crippen LogP) is 5.01. The number of nitrogens with one attached hydrogen (secondary N) is 2. The number of rotatable bonds is 8. The van der Waals surface area contributed by atoms with Crippen LogP contribution in [0, 0.1) is 5.82 Å². The molecule has 0 fully saturated rings. The van der Waals surface area contributed by atoms with Gasteiger partial charge in [0.2, 0.25) is 5.91 Å². The number of ether oxygens (including phenoxy) is 3. The summed E-state index contributed by atoms with van der Waals surface area (Å²) in [7, 11) is 2.77. The Balaban J connectivity index is 1.44. The normalized spacial score (nSPS) is 10.5. The zero-order chi connectivity index (χ0) is 24.8. The number of hydrogen-bond acceptors (Lipinski definition) is 7. The molecule has 0 bridgehead atoms. The first-order chi connectivity index (χ1) is 17.0. The number of benzene rings is 3. The van der Waals surface area contributed by atoms with Crippen molar-refractivity contribution in [1.82, 2.24) is 4.98 Å². The number of carbonyl (C=O) groups excluding carboxylic acids is 2. The largest absolute Gasteiger partial charge is 0.496 e. The van der Waals surface area contributed by atoms with E-state index in [4.69, 9.17) is 14.2 Å².